The summed E-state index contributed by atoms with van der Waals surface area (Å²) >= 11 is 14.1. The van der Waals surface area contributed by atoms with Gasteiger partial charge in [0.25, 0.3) is 0 Å². The van der Waals surface area contributed by atoms with E-state index in [0.29, 0.717) is 41.2 Å². The van der Waals surface area contributed by atoms with E-state index in [0.717, 1.165) is 22.3 Å². The molecule has 4 nitrogen and oxygen atoms in total. The first-order valence-electron chi connectivity index (χ1n) is 12.4. The maximum atomic E-state index is 13.7. The minimum absolute atomic E-state index is 0.102. The van der Waals surface area contributed by atoms with Crippen LogP contribution in [0.1, 0.15) is 36.1 Å². The Morgan fingerprint density at radius 2 is 1.57 bits per heavy atom. The van der Waals surface area contributed by atoms with Crippen LogP contribution in [-0.4, -0.2) is 35.1 Å². The molecule has 0 saturated heterocycles. The number of aryl methyl sites for hydroxylation is 1. The molecule has 3 rings (SSSR count). The molecule has 0 bridgehead atoms. The molecule has 3 aromatic carbocycles. The average Bonchev–Trinajstić information content (AvgIpc) is 2.87. The van der Waals surface area contributed by atoms with E-state index in [1.807, 2.05) is 55.5 Å². The summed E-state index contributed by atoms with van der Waals surface area (Å²) in [7, 11) is 0. The molecular formula is C30H34Cl2N2O2S. The highest BCUT2D eigenvalue weighted by molar-refractivity contribution is 7.99. The number of thioether (sulfide) groups is 1. The molecule has 3 aromatic rings. The van der Waals surface area contributed by atoms with Crippen molar-refractivity contribution in [2.24, 2.45) is 5.92 Å². The average molecular weight is 558 g/mol. The molecular weight excluding hydrogens is 523 g/mol. The van der Waals surface area contributed by atoms with Gasteiger partial charge in [-0.25, -0.2) is 0 Å². The predicted octanol–water partition coefficient (Wildman–Crippen LogP) is 6.95. The fourth-order valence-electron chi connectivity index (χ4n) is 3.98. The Hall–Kier alpha value is -2.47. The van der Waals surface area contributed by atoms with Gasteiger partial charge in [0.2, 0.25) is 11.8 Å². The van der Waals surface area contributed by atoms with E-state index in [4.69, 9.17) is 23.2 Å². The van der Waals surface area contributed by atoms with Crippen LogP contribution < -0.4 is 5.32 Å². The minimum Gasteiger partial charge on any atom is -0.354 e. The lowest BCUT2D eigenvalue weighted by molar-refractivity contribution is -0.139. The van der Waals surface area contributed by atoms with Gasteiger partial charge in [0.15, 0.2) is 0 Å². The first kappa shape index (κ1) is 29.1. The monoisotopic (exact) mass is 556 g/mol. The number of nitrogens with one attached hydrogen (secondary N) is 1. The van der Waals surface area contributed by atoms with Gasteiger partial charge in [-0.1, -0.05) is 103 Å². The maximum absolute atomic E-state index is 13.7. The van der Waals surface area contributed by atoms with Crippen LogP contribution in [0, 0.1) is 12.8 Å². The number of hydrogen-bond donors (Lipinski definition) is 1. The van der Waals surface area contributed by atoms with Gasteiger partial charge < -0.3 is 10.2 Å². The summed E-state index contributed by atoms with van der Waals surface area (Å²) in [6.07, 6.45) is 0.434. The van der Waals surface area contributed by atoms with Crippen LogP contribution in [0.3, 0.4) is 0 Å². The van der Waals surface area contributed by atoms with E-state index < -0.39 is 6.04 Å². The number of carbonyl (C=O) groups excluding carboxylic acids is 2. The van der Waals surface area contributed by atoms with E-state index >= 15 is 0 Å². The summed E-state index contributed by atoms with van der Waals surface area (Å²) < 4.78 is 0. The van der Waals surface area contributed by atoms with Gasteiger partial charge in [-0.3, -0.25) is 9.59 Å². The Morgan fingerprint density at radius 3 is 2.22 bits per heavy atom. The zero-order valence-corrected chi connectivity index (χ0v) is 23.9. The van der Waals surface area contributed by atoms with Crippen molar-refractivity contribution in [3.63, 3.8) is 0 Å². The number of benzene rings is 3. The lowest BCUT2D eigenvalue weighted by Gasteiger charge is -2.32. The third-order valence-corrected chi connectivity index (χ3v) is 7.58. The van der Waals surface area contributed by atoms with E-state index in [1.54, 1.807) is 23.1 Å². The molecule has 0 aliphatic carbocycles. The third kappa shape index (κ3) is 9.10. The lowest BCUT2D eigenvalue weighted by Crippen LogP contribution is -2.51. The second kappa shape index (κ2) is 14.5. The van der Waals surface area contributed by atoms with Gasteiger partial charge >= 0.3 is 0 Å². The molecule has 0 fully saturated rings. The number of amides is 2. The van der Waals surface area contributed by atoms with Crippen LogP contribution in [-0.2, 0) is 28.3 Å². The third-order valence-electron chi connectivity index (χ3n) is 5.92. The van der Waals surface area contributed by atoms with E-state index in [9.17, 15) is 9.59 Å². The standard InChI is InChI=1S/C30H34Cl2N2O2S/c1-21(2)17-33-30(36)28(16-23-10-5-4-6-11-23)34(18-24-12-7-9-22(3)15-24)29(35)20-37-19-25-26(31)13-8-14-27(25)32/h4-15,21,28H,16-20H2,1-3H3,(H,33,36)/t28-/m0/s1. The highest BCUT2D eigenvalue weighted by Crippen LogP contribution is 2.28. The fraction of sp³-hybridized carbons (Fsp3) is 0.333. The number of nitrogens with zero attached hydrogens (tertiary/aromatic N) is 1. The molecule has 0 aromatic heterocycles. The highest BCUT2D eigenvalue weighted by atomic mass is 35.5. The van der Waals surface area contributed by atoms with Crippen molar-refractivity contribution in [3.05, 3.63) is 105 Å². The first-order valence-corrected chi connectivity index (χ1v) is 14.3. The number of hydrogen-bond acceptors (Lipinski definition) is 3. The fourth-order valence-corrected chi connectivity index (χ4v) is 5.62. The van der Waals surface area contributed by atoms with Crippen molar-refractivity contribution in [2.45, 2.75) is 45.5 Å². The molecule has 0 aliphatic rings. The quantitative estimate of drug-likeness (QED) is 0.262. The predicted molar refractivity (Wildman–Crippen MR) is 156 cm³/mol. The summed E-state index contributed by atoms with van der Waals surface area (Å²) in [6.45, 7) is 7.03. The van der Waals surface area contributed by atoms with Crippen LogP contribution in [0.4, 0.5) is 0 Å². The molecule has 0 aliphatic heterocycles. The molecule has 0 saturated carbocycles. The van der Waals surface area contributed by atoms with Crippen LogP contribution in [0.5, 0.6) is 0 Å². The Balaban J connectivity index is 1.86. The van der Waals surface area contributed by atoms with Gasteiger partial charge in [-0.05, 0) is 41.7 Å². The molecule has 0 spiro atoms. The smallest absolute Gasteiger partial charge is 0.243 e. The summed E-state index contributed by atoms with van der Waals surface area (Å²) in [4.78, 5) is 28.9. The largest absolute Gasteiger partial charge is 0.354 e. The normalized spacial score (nSPS) is 11.8. The number of halogens is 2. The molecule has 2 amide bonds. The van der Waals surface area contributed by atoms with Crippen LogP contribution >= 0.6 is 35.0 Å². The van der Waals surface area contributed by atoms with Crippen LogP contribution in [0.15, 0.2) is 72.8 Å². The summed E-state index contributed by atoms with van der Waals surface area (Å²) in [6, 6.07) is 22.6. The van der Waals surface area contributed by atoms with Crippen molar-refractivity contribution < 1.29 is 9.59 Å². The topological polar surface area (TPSA) is 49.4 Å². The molecule has 37 heavy (non-hydrogen) atoms. The number of rotatable bonds is 12. The molecule has 7 heteroatoms. The molecule has 1 atom stereocenters. The highest BCUT2D eigenvalue weighted by Gasteiger charge is 2.30. The Labute approximate surface area is 234 Å². The van der Waals surface area contributed by atoms with Crippen molar-refractivity contribution in [3.8, 4) is 0 Å². The van der Waals surface area contributed by atoms with E-state index in [-0.39, 0.29) is 17.6 Å². The van der Waals surface area contributed by atoms with Gasteiger partial charge in [-0.2, -0.15) is 0 Å². The van der Waals surface area contributed by atoms with E-state index in [2.05, 4.69) is 25.2 Å². The summed E-state index contributed by atoms with van der Waals surface area (Å²) in [5.41, 5.74) is 3.91. The minimum atomic E-state index is -0.640. The van der Waals surface area contributed by atoms with Crippen molar-refractivity contribution >= 4 is 46.8 Å². The molecule has 1 N–H and O–H groups in total. The SMILES string of the molecule is Cc1cccc(CN(C(=O)CSCc2c(Cl)cccc2Cl)[C@@H](Cc2ccccc2)C(=O)NCC(C)C)c1. The Bertz CT molecular complexity index is 1170. The van der Waals surface area contributed by atoms with Gasteiger partial charge in [0.1, 0.15) is 6.04 Å². The lowest BCUT2D eigenvalue weighted by atomic mass is 10.0. The first-order chi connectivity index (χ1) is 17.7. The van der Waals surface area contributed by atoms with Gasteiger partial charge in [0.05, 0.1) is 5.75 Å². The summed E-state index contributed by atoms with van der Waals surface area (Å²) in [5, 5.41) is 4.22. The maximum Gasteiger partial charge on any atom is 0.243 e. The Morgan fingerprint density at radius 1 is 0.919 bits per heavy atom. The second-order valence-electron chi connectivity index (χ2n) is 9.55. The zero-order valence-electron chi connectivity index (χ0n) is 21.5. The molecule has 196 valence electrons. The van der Waals surface area contributed by atoms with Crippen molar-refractivity contribution in [2.75, 3.05) is 12.3 Å². The zero-order chi connectivity index (χ0) is 26.8. The molecule has 0 unspecified atom stereocenters. The van der Waals surface area contributed by atoms with Gasteiger partial charge in [0, 0.05) is 35.3 Å². The van der Waals surface area contributed by atoms with E-state index in [1.165, 1.54) is 11.8 Å². The number of carbonyl (C=O) groups is 2. The molecule has 0 heterocycles. The summed E-state index contributed by atoms with van der Waals surface area (Å²) in [5.74, 6) is 0.771. The van der Waals surface area contributed by atoms with Gasteiger partial charge in [-0.15, -0.1) is 11.8 Å². The van der Waals surface area contributed by atoms with Crippen LogP contribution in [0.2, 0.25) is 10.0 Å². The van der Waals surface area contributed by atoms with Crippen LogP contribution in [0.25, 0.3) is 0 Å². The van der Waals surface area contributed by atoms with Crippen molar-refractivity contribution in [1.82, 2.24) is 10.2 Å². The second-order valence-corrected chi connectivity index (χ2v) is 11.3. The Kier molecular flexibility index (Phi) is 11.4. The van der Waals surface area contributed by atoms with Crippen molar-refractivity contribution in [1.29, 1.82) is 0 Å². The molecule has 0 radical (unpaired) electrons.